The number of ether oxygens (including phenoxy) is 2. The summed E-state index contributed by atoms with van der Waals surface area (Å²) in [4.78, 5) is 5.63. The molecule has 0 radical (unpaired) electrons. The Bertz CT molecular complexity index is 586. The number of benzene rings is 1. The highest BCUT2D eigenvalue weighted by Gasteiger charge is 2.28. The zero-order chi connectivity index (χ0) is 19.6. The second-order valence-corrected chi connectivity index (χ2v) is 5.66. The van der Waals surface area contributed by atoms with Crippen LogP contribution < -0.4 is 20.1 Å². The zero-order valence-corrected chi connectivity index (χ0v) is 18.4. The van der Waals surface area contributed by atoms with Crippen LogP contribution in [0.2, 0.25) is 0 Å². The van der Waals surface area contributed by atoms with Gasteiger partial charge >= 0.3 is 6.18 Å². The predicted octanol–water partition coefficient (Wildman–Crippen LogP) is 3.58. The van der Waals surface area contributed by atoms with Crippen molar-refractivity contribution in [3.8, 4) is 11.5 Å². The summed E-state index contributed by atoms with van der Waals surface area (Å²) in [7, 11) is 4.56. The van der Waals surface area contributed by atoms with Gasteiger partial charge in [-0.3, -0.25) is 9.89 Å². The number of nitrogens with zero attached hydrogens (tertiary/aromatic N) is 2. The maximum Gasteiger partial charge on any atom is 0.401 e. The molecule has 0 unspecified atom stereocenters. The van der Waals surface area contributed by atoms with Crippen molar-refractivity contribution in [2.24, 2.45) is 4.99 Å². The van der Waals surface area contributed by atoms with E-state index in [1.165, 1.54) is 11.9 Å². The maximum atomic E-state index is 12.3. The molecule has 0 aliphatic heterocycles. The van der Waals surface area contributed by atoms with Crippen molar-refractivity contribution < 1.29 is 22.6 Å². The smallest absolute Gasteiger partial charge is 0.401 e. The molecular formula is C17H28F3IN4O2. The first kappa shape index (κ1) is 25.6. The van der Waals surface area contributed by atoms with Crippen LogP contribution in [0.15, 0.2) is 23.2 Å². The Kier molecular flexibility index (Phi) is 12.2. The number of alkyl halides is 3. The molecule has 27 heavy (non-hydrogen) atoms. The van der Waals surface area contributed by atoms with Gasteiger partial charge in [-0.15, -0.1) is 24.0 Å². The first-order chi connectivity index (χ1) is 12.3. The maximum absolute atomic E-state index is 12.3. The van der Waals surface area contributed by atoms with E-state index in [4.69, 9.17) is 9.47 Å². The average Bonchev–Trinajstić information content (AvgIpc) is 2.57. The van der Waals surface area contributed by atoms with E-state index in [0.29, 0.717) is 43.5 Å². The minimum atomic E-state index is -4.18. The van der Waals surface area contributed by atoms with Gasteiger partial charge < -0.3 is 20.1 Å². The lowest BCUT2D eigenvalue weighted by molar-refractivity contribution is -0.143. The van der Waals surface area contributed by atoms with Crippen LogP contribution >= 0.6 is 24.0 Å². The molecule has 1 aromatic carbocycles. The topological polar surface area (TPSA) is 58.1 Å². The van der Waals surface area contributed by atoms with Crippen LogP contribution in [0.4, 0.5) is 18.9 Å². The van der Waals surface area contributed by atoms with Crippen molar-refractivity contribution in [2.75, 3.05) is 52.8 Å². The molecular weight excluding hydrogens is 476 g/mol. The highest BCUT2D eigenvalue weighted by Crippen LogP contribution is 2.29. The molecule has 0 amide bonds. The van der Waals surface area contributed by atoms with Crippen molar-refractivity contribution in [1.82, 2.24) is 10.2 Å². The van der Waals surface area contributed by atoms with Gasteiger partial charge in [-0.25, -0.2) is 0 Å². The molecule has 2 N–H and O–H groups in total. The Hall–Kier alpha value is -1.43. The molecule has 0 fully saturated rings. The van der Waals surface area contributed by atoms with E-state index in [2.05, 4.69) is 15.6 Å². The molecule has 156 valence electrons. The summed E-state index contributed by atoms with van der Waals surface area (Å²) in [6.45, 7) is 2.40. The Morgan fingerprint density at radius 2 is 1.85 bits per heavy atom. The van der Waals surface area contributed by atoms with Crippen molar-refractivity contribution in [2.45, 2.75) is 19.5 Å². The lowest BCUT2D eigenvalue weighted by Crippen LogP contribution is -2.33. The summed E-state index contributed by atoms with van der Waals surface area (Å²) >= 11 is 0. The molecule has 6 nitrogen and oxygen atoms in total. The second kappa shape index (κ2) is 12.9. The number of rotatable bonds is 9. The Morgan fingerprint density at radius 1 is 1.19 bits per heavy atom. The van der Waals surface area contributed by atoms with E-state index in [0.717, 1.165) is 5.69 Å². The van der Waals surface area contributed by atoms with Gasteiger partial charge in [0.15, 0.2) is 17.5 Å². The first-order valence-corrected chi connectivity index (χ1v) is 8.31. The Morgan fingerprint density at radius 3 is 2.41 bits per heavy atom. The van der Waals surface area contributed by atoms with Gasteiger partial charge in [0.1, 0.15) is 0 Å². The average molecular weight is 504 g/mol. The van der Waals surface area contributed by atoms with E-state index in [1.54, 1.807) is 26.4 Å². The third-order valence-corrected chi connectivity index (χ3v) is 3.41. The fourth-order valence-corrected chi connectivity index (χ4v) is 2.27. The van der Waals surface area contributed by atoms with Gasteiger partial charge in [0.05, 0.1) is 20.8 Å². The van der Waals surface area contributed by atoms with E-state index >= 15 is 0 Å². The number of hydrogen-bond donors (Lipinski definition) is 2. The SMILES string of the molecule is CCNC(=NCCCN(C)CC(F)(F)F)Nc1ccc(OC)c(OC)c1.I. The van der Waals surface area contributed by atoms with E-state index in [9.17, 15) is 13.2 Å². The molecule has 1 aromatic rings. The fourth-order valence-electron chi connectivity index (χ4n) is 2.27. The number of aliphatic imine (C=N–C) groups is 1. The lowest BCUT2D eigenvalue weighted by Gasteiger charge is -2.18. The minimum absolute atomic E-state index is 0. The molecule has 0 saturated carbocycles. The van der Waals surface area contributed by atoms with Crippen LogP contribution in [0, 0.1) is 0 Å². The third kappa shape index (κ3) is 10.5. The molecule has 10 heteroatoms. The van der Waals surface area contributed by atoms with Crippen LogP contribution in [-0.2, 0) is 0 Å². The van der Waals surface area contributed by atoms with Gasteiger partial charge in [0, 0.05) is 24.8 Å². The summed E-state index contributed by atoms with van der Waals surface area (Å²) in [5, 5.41) is 6.24. The van der Waals surface area contributed by atoms with Gasteiger partial charge in [0.25, 0.3) is 0 Å². The van der Waals surface area contributed by atoms with Gasteiger partial charge in [-0.2, -0.15) is 13.2 Å². The third-order valence-electron chi connectivity index (χ3n) is 3.41. The molecule has 0 saturated heterocycles. The number of anilines is 1. The van der Waals surface area contributed by atoms with Crippen molar-refractivity contribution >= 4 is 35.6 Å². The summed E-state index contributed by atoms with van der Waals surface area (Å²) in [5.41, 5.74) is 0.761. The second-order valence-electron chi connectivity index (χ2n) is 5.66. The standard InChI is InChI=1S/C17H27F3N4O2.HI/c1-5-21-16(22-9-6-10-24(2)12-17(18,19)20)23-13-7-8-14(25-3)15(11-13)26-4;/h7-8,11H,5-6,9-10,12H2,1-4H3,(H2,21,22,23);1H. The monoisotopic (exact) mass is 504 g/mol. The normalized spacial score (nSPS) is 11.8. The molecule has 0 aliphatic rings. The summed E-state index contributed by atoms with van der Waals surface area (Å²) in [6.07, 6.45) is -3.66. The predicted molar refractivity (Wildman–Crippen MR) is 113 cm³/mol. The van der Waals surface area contributed by atoms with Crippen molar-refractivity contribution in [3.63, 3.8) is 0 Å². The fraction of sp³-hybridized carbons (Fsp3) is 0.588. The first-order valence-electron chi connectivity index (χ1n) is 8.31. The van der Waals surface area contributed by atoms with E-state index < -0.39 is 12.7 Å². The minimum Gasteiger partial charge on any atom is -0.493 e. The van der Waals surface area contributed by atoms with Crippen molar-refractivity contribution in [1.29, 1.82) is 0 Å². The Labute approximate surface area is 175 Å². The highest BCUT2D eigenvalue weighted by molar-refractivity contribution is 14.0. The van der Waals surface area contributed by atoms with E-state index in [1.807, 2.05) is 13.0 Å². The molecule has 0 aliphatic carbocycles. The molecule has 0 bridgehead atoms. The summed E-state index contributed by atoms with van der Waals surface area (Å²) < 4.78 is 47.3. The number of halogens is 4. The van der Waals surface area contributed by atoms with Gasteiger partial charge in [-0.05, 0) is 39.1 Å². The number of hydrogen-bond acceptors (Lipinski definition) is 4. The van der Waals surface area contributed by atoms with Gasteiger partial charge in [0.2, 0.25) is 0 Å². The summed E-state index contributed by atoms with van der Waals surface area (Å²) in [5.74, 6) is 1.76. The number of guanidine groups is 1. The van der Waals surface area contributed by atoms with Crippen LogP contribution in [0.25, 0.3) is 0 Å². The zero-order valence-electron chi connectivity index (χ0n) is 16.0. The Balaban J connectivity index is 0.00000676. The molecule has 1 rings (SSSR count). The lowest BCUT2D eigenvalue weighted by atomic mass is 10.3. The molecule has 0 atom stereocenters. The number of methoxy groups -OCH3 is 2. The molecule has 0 aromatic heterocycles. The van der Waals surface area contributed by atoms with Gasteiger partial charge in [-0.1, -0.05) is 0 Å². The van der Waals surface area contributed by atoms with E-state index in [-0.39, 0.29) is 24.0 Å². The van der Waals surface area contributed by atoms with Crippen LogP contribution in [0.3, 0.4) is 0 Å². The quantitative estimate of drug-likeness (QED) is 0.233. The number of nitrogens with one attached hydrogen (secondary N) is 2. The molecule has 0 spiro atoms. The van der Waals surface area contributed by atoms with Crippen LogP contribution in [-0.4, -0.2) is 64.5 Å². The van der Waals surface area contributed by atoms with Crippen LogP contribution in [0.1, 0.15) is 13.3 Å². The van der Waals surface area contributed by atoms with Crippen molar-refractivity contribution in [3.05, 3.63) is 18.2 Å². The van der Waals surface area contributed by atoms with Crippen LogP contribution in [0.5, 0.6) is 11.5 Å². The highest BCUT2D eigenvalue weighted by atomic mass is 127. The molecule has 0 heterocycles. The summed E-state index contributed by atoms with van der Waals surface area (Å²) in [6, 6.07) is 5.38. The largest absolute Gasteiger partial charge is 0.493 e.